The molecule has 200 valence electrons. The Morgan fingerprint density at radius 1 is 1.00 bits per heavy atom. The predicted molar refractivity (Wildman–Crippen MR) is 151 cm³/mol. The van der Waals surface area contributed by atoms with Gasteiger partial charge in [-0.2, -0.15) is 0 Å². The number of carboxylic acids is 1. The molecule has 3 aromatic carbocycles. The normalized spacial score (nSPS) is 25.4. The molecule has 3 aliphatic rings. The Kier molecular flexibility index (Phi) is 8.15. The van der Waals surface area contributed by atoms with Gasteiger partial charge in [0.05, 0.1) is 13.0 Å². The molecule has 1 N–H and O–H groups in total. The molecule has 6 atom stereocenters. The van der Waals surface area contributed by atoms with Crippen molar-refractivity contribution >= 4 is 5.97 Å². The topological polar surface area (TPSA) is 53.0 Å². The molecule has 0 aromatic heterocycles. The summed E-state index contributed by atoms with van der Waals surface area (Å²) >= 11 is 0. The Bertz CT molecular complexity index is 1160. The number of hydrogen-bond acceptors (Lipinski definition) is 4. The fraction of sp³-hybridized carbons (Fsp3) is 0.424. The van der Waals surface area contributed by atoms with Crippen molar-refractivity contribution in [1.29, 1.82) is 0 Å². The van der Waals surface area contributed by atoms with Crippen LogP contribution in [0.1, 0.15) is 49.3 Å². The molecule has 2 bridgehead atoms. The van der Waals surface area contributed by atoms with Crippen molar-refractivity contribution in [3.63, 3.8) is 0 Å². The van der Waals surface area contributed by atoms with E-state index in [-0.39, 0.29) is 35.9 Å². The monoisotopic (exact) mass is 512 g/mol. The second-order valence-corrected chi connectivity index (χ2v) is 10.9. The molecule has 5 nitrogen and oxygen atoms in total. The average Bonchev–Trinajstić information content (AvgIpc) is 2.97. The summed E-state index contributed by atoms with van der Waals surface area (Å²) in [5.41, 5.74) is 3.72. The molecule has 0 spiro atoms. The van der Waals surface area contributed by atoms with Crippen molar-refractivity contribution in [1.82, 2.24) is 9.80 Å². The van der Waals surface area contributed by atoms with Crippen LogP contribution in [0.5, 0.6) is 5.75 Å². The zero-order chi connectivity index (χ0) is 26.6. The Hall–Kier alpha value is -3.15. The first-order valence-corrected chi connectivity index (χ1v) is 14.0. The van der Waals surface area contributed by atoms with Crippen LogP contribution in [0, 0.1) is 11.8 Å². The van der Waals surface area contributed by atoms with Crippen LogP contribution in [-0.2, 0) is 11.3 Å². The molecule has 0 aliphatic carbocycles. The zero-order valence-corrected chi connectivity index (χ0v) is 22.7. The van der Waals surface area contributed by atoms with Gasteiger partial charge < -0.3 is 9.84 Å². The van der Waals surface area contributed by atoms with E-state index in [1.807, 2.05) is 12.1 Å². The third kappa shape index (κ3) is 5.10. The maximum absolute atomic E-state index is 12.6. The van der Waals surface area contributed by atoms with E-state index in [0.717, 1.165) is 37.2 Å². The minimum atomic E-state index is -0.666. The summed E-state index contributed by atoms with van der Waals surface area (Å²) in [5, 5.41) is 10.3. The summed E-state index contributed by atoms with van der Waals surface area (Å²) in [6, 6.07) is 30.4. The number of carboxylic acid groups (broad SMARTS) is 1. The Labute approximate surface area is 227 Å². The third-order valence-corrected chi connectivity index (χ3v) is 8.97. The van der Waals surface area contributed by atoms with Crippen LogP contribution < -0.4 is 4.74 Å². The number of ether oxygens (including phenoxy) is 1. The molecule has 0 saturated carbocycles. The minimum absolute atomic E-state index is 0.0844. The summed E-state index contributed by atoms with van der Waals surface area (Å²) in [6.45, 7) is 6.80. The fourth-order valence-electron chi connectivity index (χ4n) is 6.98. The van der Waals surface area contributed by atoms with Gasteiger partial charge in [-0.15, -0.1) is 0 Å². The second kappa shape index (κ2) is 11.7. The molecule has 6 rings (SSSR count). The van der Waals surface area contributed by atoms with Crippen LogP contribution in [0.15, 0.2) is 84.9 Å². The quantitative estimate of drug-likeness (QED) is 0.367. The van der Waals surface area contributed by atoms with E-state index in [2.05, 4.69) is 96.4 Å². The van der Waals surface area contributed by atoms with Crippen LogP contribution in [-0.4, -0.2) is 59.2 Å². The third-order valence-electron chi connectivity index (χ3n) is 8.97. The van der Waals surface area contributed by atoms with E-state index >= 15 is 0 Å². The average molecular weight is 513 g/mol. The number of hydrogen-bond donors (Lipinski definition) is 1. The van der Waals surface area contributed by atoms with Gasteiger partial charge in [-0.05, 0) is 49.4 Å². The highest BCUT2D eigenvalue weighted by Crippen LogP contribution is 2.47. The standard InChI is InChI=1S/C33H40N2O3/c1-4-23(2)35(21-26-17-11-12-18-29(26)38-3)31-27-19-20-34(22-28(27)33(36)37)32(31)30(24-13-7-5-8-14-24)25-15-9-6-10-16-25/h5-18,23,27-28,30-32H,4,19-22H2,1-3H3,(H,36,37)/t23-,27-,28-,31-,32-/m0/s1. The molecule has 3 fully saturated rings. The van der Waals surface area contributed by atoms with E-state index in [1.54, 1.807) is 7.11 Å². The number of fused-ring (bicyclic) bond motifs is 3. The lowest BCUT2D eigenvalue weighted by atomic mass is 9.65. The maximum Gasteiger partial charge on any atom is 0.308 e. The summed E-state index contributed by atoms with van der Waals surface area (Å²) in [4.78, 5) is 17.7. The SMILES string of the molecule is CC[C@H](C)N(Cc1ccccc1OC)[C@H]1[C@H]2CCN(C[C@@H]2C(=O)O)[C@H]1C(c1ccccc1)c1ccccc1. The van der Waals surface area contributed by atoms with Gasteiger partial charge in [0, 0.05) is 42.7 Å². The Balaban J connectivity index is 1.66. The zero-order valence-electron chi connectivity index (χ0n) is 22.7. The van der Waals surface area contributed by atoms with Crippen molar-refractivity contribution in [2.75, 3.05) is 20.2 Å². The van der Waals surface area contributed by atoms with Gasteiger partial charge in [-0.1, -0.05) is 85.8 Å². The van der Waals surface area contributed by atoms with Crippen molar-refractivity contribution in [3.05, 3.63) is 102 Å². The van der Waals surface area contributed by atoms with E-state index in [0.29, 0.717) is 6.54 Å². The molecule has 38 heavy (non-hydrogen) atoms. The molecular weight excluding hydrogens is 472 g/mol. The number of piperidine rings is 3. The highest BCUT2D eigenvalue weighted by Gasteiger charge is 2.54. The highest BCUT2D eigenvalue weighted by atomic mass is 16.5. The largest absolute Gasteiger partial charge is 0.496 e. The van der Waals surface area contributed by atoms with Crippen molar-refractivity contribution in [2.45, 2.75) is 57.3 Å². The highest BCUT2D eigenvalue weighted by molar-refractivity contribution is 5.71. The molecule has 3 heterocycles. The van der Waals surface area contributed by atoms with Gasteiger partial charge in [0.1, 0.15) is 5.75 Å². The predicted octanol–water partition coefficient (Wildman–Crippen LogP) is 5.90. The Morgan fingerprint density at radius 3 is 2.18 bits per heavy atom. The smallest absolute Gasteiger partial charge is 0.308 e. The minimum Gasteiger partial charge on any atom is -0.496 e. The van der Waals surface area contributed by atoms with Gasteiger partial charge in [0.25, 0.3) is 0 Å². The first-order valence-electron chi connectivity index (χ1n) is 14.0. The molecule has 3 aliphatic heterocycles. The molecular formula is C33H40N2O3. The van der Waals surface area contributed by atoms with E-state index in [4.69, 9.17) is 4.74 Å². The second-order valence-electron chi connectivity index (χ2n) is 10.9. The summed E-state index contributed by atoms with van der Waals surface area (Å²) in [6.07, 6.45) is 1.90. The van der Waals surface area contributed by atoms with Crippen molar-refractivity contribution in [3.8, 4) is 5.75 Å². The van der Waals surface area contributed by atoms with Crippen LogP contribution in [0.25, 0.3) is 0 Å². The molecule has 1 unspecified atom stereocenters. The Morgan fingerprint density at radius 2 is 1.61 bits per heavy atom. The molecule has 5 heteroatoms. The van der Waals surface area contributed by atoms with Gasteiger partial charge in [-0.25, -0.2) is 0 Å². The van der Waals surface area contributed by atoms with E-state index < -0.39 is 5.97 Å². The summed E-state index contributed by atoms with van der Waals surface area (Å²) in [5.74, 6) is 0.0864. The number of aliphatic carboxylic acids is 1. The number of nitrogens with zero attached hydrogens (tertiary/aromatic N) is 2. The maximum atomic E-state index is 12.6. The van der Waals surface area contributed by atoms with Crippen molar-refractivity contribution in [2.24, 2.45) is 11.8 Å². The van der Waals surface area contributed by atoms with Gasteiger partial charge >= 0.3 is 5.97 Å². The molecule has 3 saturated heterocycles. The first kappa shape index (κ1) is 26.5. The van der Waals surface area contributed by atoms with Crippen LogP contribution in [0.4, 0.5) is 0 Å². The molecule has 0 radical (unpaired) electrons. The number of benzene rings is 3. The van der Waals surface area contributed by atoms with Gasteiger partial charge in [0.2, 0.25) is 0 Å². The van der Waals surface area contributed by atoms with E-state index in [9.17, 15) is 9.90 Å². The first-order chi connectivity index (χ1) is 18.5. The molecule has 0 amide bonds. The van der Waals surface area contributed by atoms with Crippen LogP contribution >= 0.6 is 0 Å². The number of carbonyl (C=O) groups is 1. The fourth-order valence-corrected chi connectivity index (χ4v) is 6.98. The summed E-state index contributed by atoms with van der Waals surface area (Å²) < 4.78 is 5.75. The molecule has 3 aromatic rings. The number of rotatable bonds is 10. The van der Waals surface area contributed by atoms with Crippen LogP contribution in [0.2, 0.25) is 0 Å². The van der Waals surface area contributed by atoms with Crippen molar-refractivity contribution < 1.29 is 14.6 Å². The lowest BCUT2D eigenvalue weighted by molar-refractivity contribution is -0.159. The summed E-state index contributed by atoms with van der Waals surface area (Å²) in [7, 11) is 1.73. The lowest BCUT2D eigenvalue weighted by Gasteiger charge is -2.59. The number of para-hydroxylation sites is 1. The number of methoxy groups -OCH3 is 1. The van der Waals surface area contributed by atoms with Gasteiger partial charge in [-0.3, -0.25) is 14.6 Å². The van der Waals surface area contributed by atoms with Crippen LogP contribution in [0.3, 0.4) is 0 Å². The van der Waals surface area contributed by atoms with E-state index in [1.165, 1.54) is 11.1 Å². The lowest BCUT2D eigenvalue weighted by Crippen LogP contribution is -2.69. The van der Waals surface area contributed by atoms with Gasteiger partial charge in [0.15, 0.2) is 0 Å².